The standard InChI is InChI=1S/C9H13IN4OS/c1-2-16-7-5-3-4-6(8(7)10)14(12)9(15)13-11/h3-5H,2,11-12H2,1H3,(H,13,15). The molecule has 0 spiro atoms. The first-order chi connectivity index (χ1) is 7.61. The van der Waals surface area contributed by atoms with Gasteiger partial charge in [0, 0.05) is 4.90 Å². The second kappa shape index (κ2) is 6.28. The molecule has 0 heterocycles. The van der Waals surface area contributed by atoms with E-state index in [1.165, 1.54) is 0 Å². The van der Waals surface area contributed by atoms with Crippen LogP contribution < -0.4 is 22.1 Å². The van der Waals surface area contributed by atoms with Crippen molar-refractivity contribution < 1.29 is 4.79 Å². The molecule has 16 heavy (non-hydrogen) atoms. The third-order valence-electron chi connectivity index (χ3n) is 1.84. The molecule has 0 fully saturated rings. The summed E-state index contributed by atoms with van der Waals surface area (Å²) in [5.74, 6) is 11.6. The number of nitrogens with zero attached hydrogens (tertiary/aromatic N) is 1. The van der Waals surface area contributed by atoms with E-state index < -0.39 is 6.03 Å². The molecule has 0 aliphatic rings. The van der Waals surface area contributed by atoms with Gasteiger partial charge in [0.1, 0.15) is 0 Å². The number of rotatable bonds is 3. The van der Waals surface area contributed by atoms with Crippen molar-refractivity contribution in [3.8, 4) is 0 Å². The van der Waals surface area contributed by atoms with E-state index in [9.17, 15) is 4.79 Å². The van der Waals surface area contributed by atoms with Gasteiger partial charge >= 0.3 is 6.03 Å². The van der Waals surface area contributed by atoms with Gasteiger partial charge in [-0.15, -0.1) is 11.8 Å². The van der Waals surface area contributed by atoms with E-state index in [-0.39, 0.29) is 0 Å². The van der Waals surface area contributed by atoms with Crippen LogP contribution in [-0.2, 0) is 0 Å². The van der Waals surface area contributed by atoms with Gasteiger partial charge in [-0.3, -0.25) is 5.43 Å². The molecule has 0 saturated heterocycles. The van der Waals surface area contributed by atoms with Gasteiger partial charge in [-0.25, -0.2) is 21.5 Å². The first kappa shape index (κ1) is 13.6. The summed E-state index contributed by atoms with van der Waals surface area (Å²) in [7, 11) is 0. The molecule has 0 aliphatic carbocycles. The van der Waals surface area contributed by atoms with Crippen molar-refractivity contribution in [1.29, 1.82) is 0 Å². The van der Waals surface area contributed by atoms with Gasteiger partial charge in [0.15, 0.2) is 0 Å². The van der Waals surface area contributed by atoms with Crippen LogP contribution in [0, 0.1) is 3.57 Å². The number of nitrogens with two attached hydrogens (primary N) is 2. The summed E-state index contributed by atoms with van der Waals surface area (Å²) in [4.78, 5) is 12.4. The quantitative estimate of drug-likeness (QED) is 0.254. The number of halogens is 1. The fourth-order valence-electron chi connectivity index (χ4n) is 1.13. The summed E-state index contributed by atoms with van der Waals surface area (Å²) in [5, 5.41) is 1.00. The van der Waals surface area contributed by atoms with Crippen molar-refractivity contribution in [3.63, 3.8) is 0 Å². The van der Waals surface area contributed by atoms with Gasteiger partial charge in [-0.2, -0.15) is 0 Å². The fourth-order valence-corrected chi connectivity index (χ4v) is 2.93. The number of nitrogens with one attached hydrogen (secondary N) is 1. The molecule has 0 bridgehead atoms. The van der Waals surface area contributed by atoms with Gasteiger partial charge in [-0.05, 0) is 40.5 Å². The molecular weight excluding hydrogens is 339 g/mol. The smallest absolute Gasteiger partial charge is 0.274 e. The number of thioether (sulfide) groups is 1. The van der Waals surface area contributed by atoms with Crippen LogP contribution in [0.3, 0.4) is 0 Å². The first-order valence-electron chi connectivity index (χ1n) is 4.58. The Morgan fingerprint density at radius 3 is 2.88 bits per heavy atom. The predicted octanol–water partition coefficient (Wildman–Crippen LogP) is 1.67. The fraction of sp³-hybridized carbons (Fsp3) is 0.222. The monoisotopic (exact) mass is 352 g/mol. The molecule has 0 atom stereocenters. The predicted molar refractivity (Wildman–Crippen MR) is 74.9 cm³/mol. The molecule has 0 unspecified atom stereocenters. The highest BCUT2D eigenvalue weighted by Crippen LogP contribution is 2.31. The van der Waals surface area contributed by atoms with Gasteiger partial charge in [0.25, 0.3) is 0 Å². The number of carbonyl (C=O) groups is 1. The summed E-state index contributed by atoms with van der Waals surface area (Å²) in [6.07, 6.45) is 0. The lowest BCUT2D eigenvalue weighted by Crippen LogP contribution is -2.48. The van der Waals surface area contributed by atoms with E-state index >= 15 is 0 Å². The number of anilines is 1. The molecule has 5 N–H and O–H groups in total. The number of hydrogen-bond donors (Lipinski definition) is 3. The van der Waals surface area contributed by atoms with E-state index in [0.717, 1.165) is 19.2 Å². The maximum Gasteiger partial charge on any atom is 0.350 e. The molecule has 1 rings (SSSR count). The summed E-state index contributed by atoms with van der Waals surface area (Å²) in [6.45, 7) is 2.07. The third kappa shape index (κ3) is 3.00. The minimum Gasteiger partial charge on any atom is -0.274 e. The van der Waals surface area contributed by atoms with Crippen LogP contribution >= 0.6 is 34.4 Å². The average Bonchev–Trinajstić information content (AvgIpc) is 2.30. The maximum absolute atomic E-state index is 11.3. The number of urea groups is 1. The molecule has 1 aromatic rings. The SMILES string of the molecule is CCSc1cccc(N(N)C(=O)NN)c1I. The van der Waals surface area contributed by atoms with Crippen molar-refractivity contribution in [1.82, 2.24) is 5.43 Å². The Kier molecular flexibility index (Phi) is 5.32. The van der Waals surface area contributed by atoms with E-state index in [4.69, 9.17) is 11.7 Å². The normalized spacial score (nSPS) is 10.0. The van der Waals surface area contributed by atoms with Crippen molar-refractivity contribution >= 4 is 46.1 Å². The topological polar surface area (TPSA) is 84.4 Å². The van der Waals surface area contributed by atoms with Crippen molar-refractivity contribution in [2.24, 2.45) is 11.7 Å². The number of hydrazine groups is 2. The summed E-state index contributed by atoms with van der Waals surface area (Å²) in [5.41, 5.74) is 2.63. The van der Waals surface area contributed by atoms with Gasteiger partial charge in [-0.1, -0.05) is 13.0 Å². The Morgan fingerprint density at radius 1 is 1.62 bits per heavy atom. The van der Waals surface area contributed by atoms with Crippen LogP contribution in [0.15, 0.2) is 23.1 Å². The van der Waals surface area contributed by atoms with Crippen molar-refractivity contribution in [2.75, 3.05) is 10.8 Å². The van der Waals surface area contributed by atoms with Crippen LogP contribution in [0.1, 0.15) is 6.92 Å². The molecule has 0 radical (unpaired) electrons. The van der Waals surface area contributed by atoms with Crippen LogP contribution in [0.25, 0.3) is 0 Å². The molecule has 1 aromatic carbocycles. The highest BCUT2D eigenvalue weighted by Gasteiger charge is 2.15. The molecule has 2 amide bonds. The second-order valence-corrected chi connectivity index (χ2v) is 5.23. The van der Waals surface area contributed by atoms with Crippen molar-refractivity contribution in [3.05, 3.63) is 21.8 Å². The molecule has 5 nitrogen and oxygen atoms in total. The van der Waals surface area contributed by atoms with Crippen molar-refractivity contribution in [2.45, 2.75) is 11.8 Å². The summed E-state index contributed by atoms with van der Waals surface area (Å²) < 4.78 is 0.943. The largest absolute Gasteiger partial charge is 0.350 e. The maximum atomic E-state index is 11.3. The van der Waals surface area contributed by atoms with Crippen LogP contribution in [0.5, 0.6) is 0 Å². The number of benzene rings is 1. The Balaban J connectivity index is 3.05. The zero-order valence-electron chi connectivity index (χ0n) is 8.74. The Labute approximate surface area is 112 Å². The molecular formula is C9H13IN4OS. The van der Waals surface area contributed by atoms with E-state index in [1.807, 2.05) is 17.6 Å². The van der Waals surface area contributed by atoms with Gasteiger partial charge in [0.2, 0.25) is 0 Å². The van der Waals surface area contributed by atoms with E-state index in [1.54, 1.807) is 17.8 Å². The molecule has 0 aromatic heterocycles. The first-order valence-corrected chi connectivity index (χ1v) is 6.65. The molecule has 0 aliphatic heterocycles. The summed E-state index contributed by atoms with van der Waals surface area (Å²) >= 11 is 3.87. The number of amides is 2. The lowest BCUT2D eigenvalue weighted by atomic mass is 10.3. The second-order valence-electron chi connectivity index (χ2n) is 2.84. The molecule has 0 saturated carbocycles. The lowest BCUT2D eigenvalue weighted by molar-refractivity contribution is 0.246. The molecule has 88 valence electrons. The van der Waals surface area contributed by atoms with Gasteiger partial charge < -0.3 is 0 Å². The lowest BCUT2D eigenvalue weighted by Gasteiger charge is -2.18. The van der Waals surface area contributed by atoms with Gasteiger partial charge in [0.05, 0.1) is 9.26 Å². The number of hydrogen-bond acceptors (Lipinski definition) is 4. The Hall–Kier alpha value is -0.510. The highest BCUT2D eigenvalue weighted by molar-refractivity contribution is 14.1. The minimum absolute atomic E-state index is 0.545. The highest BCUT2D eigenvalue weighted by atomic mass is 127. The van der Waals surface area contributed by atoms with E-state index in [2.05, 4.69) is 29.5 Å². The zero-order valence-corrected chi connectivity index (χ0v) is 11.7. The van der Waals surface area contributed by atoms with Crippen LogP contribution in [-0.4, -0.2) is 11.8 Å². The number of carbonyl (C=O) groups excluding carboxylic acids is 1. The van der Waals surface area contributed by atoms with Crippen LogP contribution in [0.4, 0.5) is 10.5 Å². The Morgan fingerprint density at radius 2 is 2.31 bits per heavy atom. The average molecular weight is 352 g/mol. The molecule has 7 heteroatoms. The van der Waals surface area contributed by atoms with Crippen LogP contribution in [0.2, 0.25) is 0 Å². The minimum atomic E-state index is -0.545. The third-order valence-corrected chi connectivity index (χ3v) is 4.28. The van der Waals surface area contributed by atoms with E-state index in [0.29, 0.717) is 5.69 Å². The zero-order chi connectivity index (χ0) is 12.1. The Bertz CT molecular complexity index is 388. The summed E-state index contributed by atoms with van der Waals surface area (Å²) in [6, 6.07) is 5.08.